The maximum atomic E-state index is 6.13. The summed E-state index contributed by atoms with van der Waals surface area (Å²) in [6, 6.07) is 4.02. The third-order valence-corrected chi connectivity index (χ3v) is 4.18. The number of hydrogen-bond donors (Lipinski definition) is 1. The average molecular weight is 254 g/mol. The molecule has 1 aliphatic carbocycles. The van der Waals surface area contributed by atoms with E-state index < -0.39 is 0 Å². The SMILES string of the molecule is Cc1cc(OCC2(CCN)CC2)cc(C)c1Cl. The summed E-state index contributed by atoms with van der Waals surface area (Å²) in [7, 11) is 0. The molecule has 1 fully saturated rings. The first-order valence-corrected chi connectivity index (χ1v) is 6.54. The Kier molecular flexibility index (Phi) is 3.64. The van der Waals surface area contributed by atoms with Crippen LogP contribution in [0.25, 0.3) is 0 Å². The van der Waals surface area contributed by atoms with Crippen LogP contribution in [0, 0.1) is 19.3 Å². The summed E-state index contributed by atoms with van der Waals surface area (Å²) in [5.74, 6) is 0.924. The zero-order valence-corrected chi connectivity index (χ0v) is 11.3. The molecule has 0 spiro atoms. The first-order valence-electron chi connectivity index (χ1n) is 6.16. The fourth-order valence-electron chi connectivity index (χ4n) is 2.18. The number of nitrogens with two attached hydrogens (primary N) is 1. The monoisotopic (exact) mass is 253 g/mol. The highest BCUT2D eigenvalue weighted by atomic mass is 35.5. The van der Waals surface area contributed by atoms with Crippen LogP contribution in [-0.4, -0.2) is 13.2 Å². The van der Waals surface area contributed by atoms with Crippen LogP contribution in [0.4, 0.5) is 0 Å². The van der Waals surface area contributed by atoms with Gasteiger partial charge in [-0.1, -0.05) is 11.6 Å². The third-order valence-electron chi connectivity index (χ3n) is 3.59. The van der Waals surface area contributed by atoms with Crippen molar-refractivity contribution in [1.29, 1.82) is 0 Å². The van der Waals surface area contributed by atoms with Crippen molar-refractivity contribution in [2.24, 2.45) is 11.1 Å². The van der Waals surface area contributed by atoms with E-state index in [2.05, 4.69) is 0 Å². The maximum absolute atomic E-state index is 6.13. The maximum Gasteiger partial charge on any atom is 0.119 e. The molecule has 17 heavy (non-hydrogen) atoms. The standard InChI is InChI=1S/C14H20ClNO/c1-10-7-12(8-11(2)13(10)15)17-9-14(3-4-14)5-6-16/h7-8H,3-6,9,16H2,1-2H3. The Morgan fingerprint density at radius 2 is 1.88 bits per heavy atom. The summed E-state index contributed by atoms with van der Waals surface area (Å²) < 4.78 is 5.89. The summed E-state index contributed by atoms with van der Waals surface area (Å²) in [5.41, 5.74) is 8.12. The molecule has 0 saturated heterocycles. The van der Waals surface area contributed by atoms with Crippen molar-refractivity contribution >= 4 is 11.6 Å². The molecule has 1 saturated carbocycles. The van der Waals surface area contributed by atoms with E-state index in [9.17, 15) is 0 Å². The van der Waals surface area contributed by atoms with Crippen LogP contribution in [0.1, 0.15) is 30.4 Å². The van der Waals surface area contributed by atoms with Gasteiger partial charge in [0.2, 0.25) is 0 Å². The molecule has 0 unspecified atom stereocenters. The van der Waals surface area contributed by atoms with Gasteiger partial charge >= 0.3 is 0 Å². The molecule has 0 aliphatic heterocycles. The van der Waals surface area contributed by atoms with Gasteiger partial charge in [0.05, 0.1) is 6.61 Å². The van der Waals surface area contributed by atoms with Crippen LogP contribution in [0.15, 0.2) is 12.1 Å². The summed E-state index contributed by atoms with van der Waals surface area (Å²) in [4.78, 5) is 0. The summed E-state index contributed by atoms with van der Waals surface area (Å²) in [5, 5.41) is 0.834. The fourth-order valence-corrected chi connectivity index (χ4v) is 2.28. The zero-order chi connectivity index (χ0) is 12.5. The van der Waals surface area contributed by atoms with Gasteiger partial charge in [0.25, 0.3) is 0 Å². The highest BCUT2D eigenvalue weighted by Gasteiger charge is 2.42. The number of ether oxygens (including phenoxy) is 1. The molecule has 0 bridgehead atoms. The van der Waals surface area contributed by atoms with Gasteiger partial charge < -0.3 is 10.5 Å². The minimum Gasteiger partial charge on any atom is -0.493 e. The fraction of sp³-hybridized carbons (Fsp3) is 0.571. The average Bonchev–Trinajstić information content (AvgIpc) is 3.04. The molecule has 0 aromatic heterocycles. The highest BCUT2D eigenvalue weighted by molar-refractivity contribution is 6.32. The Balaban J connectivity index is 2.00. The summed E-state index contributed by atoms with van der Waals surface area (Å²) in [6.07, 6.45) is 3.56. The van der Waals surface area contributed by atoms with Gasteiger partial charge in [0.15, 0.2) is 0 Å². The van der Waals surface area contributed by atoms with Crippen LogP contribution in [0.3, 0.4) is 0 Å². The van der Waals surface area contributed by atoms with Crippen molar-refractivity contribution in [1.82, 2.24) is 0 Å². The number of hydrogen-bond acceptors (Lipinski definition) is 2. The van der Waals surface area contributed by atoms with E-state index in [1.54, 1.807) is 0 Å². The van der Waals surface area contributed by atoms with E-state index in [0.29, 0.717) is 5.41 Å². The van der Waals surface area contributed by atoms with Crippen LogP contribution in [-0.2, 0) is 0 Å². The molecule has 0 atom stereocenters. The Bertz CT molecular complexity index is 390. The molecule has 1 aliphatic rings. The summed E-state index contributed by atoms with van der Waals surface area (Å²) in [6.45, 7) is 5.55. The van der Waals surface area contributed by atoms with Crippen molar-refractivity contribution in [2.75, 3.05) is 13.2 Å². The minimum absolute atomic E-state index is 0.357. The van der Waals surface area contributed by atoms with Crippen molar-refractivity contribution in [3.05, 3.63) is 28.3 Å². The first-order chi connectivity index (χ1) is 8.06. The molecule has 3 heteroatoms. The molecule has 2 nitrogen and oxygen atoms in total. The second-order valence-electron chi connectivity index (χ2n) is 5.20. The van der Waals surface area contributed by atoms with Gasteiger partial charge in [-0.2, -0.15) is 0 Å². The second kappa shape index (κ2) is 4.87. The Hall–Kier alpha value is -0.730. The quantitative estimate of drug-likeness (QED) is 0.872. The molecule has 1 aromatic carbocycles. The Morgan fingerprint density at radius 1 is 1.29 bits per heavy atom. The predicted octanol–water partition coefficient (Wildman–Crippen LogP) is 3.46. The van der Waals surface area contributed by atoms with Gasteiger partial charge in [-0.05, 0) is 62.9 Å². The van der Waals surface area contributed by atoms with Crippen LogP contribution in [0.5, 0.6) is 5.75 Å². The topological polar surface area (TPSA) is 35.2 Å². The molecular weight excluding hydrogens is 234 g/mol. The van der Waals surface area contributed by atoms with Crippen LogP contribution in [0.2, 0.25) is 5.02 Å². The number of benzene rings is 1. The molecule has 0 radical (unpaired) electrons. The molecule has 94 valence electrons. The predicted molar refractivity (Wildman–Crippen MR) is 71.8 cm³/mol. The van der Waals surface area contributed by atoms with Crippen LogP contribution < -0.4 is 10.5 Å². The molecule has 1 aromatic rings. The molecule has 0 amide bonds. The smallest absolute Gasteiger partial charge is 0.119 e. The van der Waals surface area contributed by atoms with Gasteiger partial charge in [-0.15, -0.1) is 0 Å². The molecular formula is C14H20ClNO. The number of aryl methyl sites for hydroxylation is 2. The number of halogens is 1. The van der Waals surface area contributed by atoms with E-state index in [1.165, 1.54) is 12.8 Å². The van der Waals surface area contributed by atoms with E-state index in [1.807, 2.05) is 26.0 Å². The van der Waals surface area contributed by atoms with E-state index in [4.69, 9.17) is 22.1 Å². The van der Waals surface area contributed by atoms with E-state index in [0.717, 1.165) is 41.5 Å². The Morgan fingerprint density at radius 3 is 2.35 bits per heavy atom. The minimum atomic E-state index is 0.357. The van der Waals surface area contributed by atoms with E-state index in [-0.39, 0.29) is 0 Å². The molecule has 2 rings (SSSR count). The van der Waals surface area contributed by atoms with Crippen molar-refractivity contribution in [3.8, 4) is 5.75 Å². The van der Waals surface area contributed by atoms with Crippen LogP contribution >= 0.6 is 11.6 Å². The third kappa shape index (κ3) is 2.93. The molecule has 0 heterocycles. The Labute approximate surface area is 108 Å². The van der Waals surface area contributed by atoms with Gasteiger partial charge in [0, 0.05) is 10.4 Å². The van der Waals surface area contributed by atoms with Crippen molar-refractivity contribution in [2.45, 2.75) is 33.1 Å². The molecule has 2 N–H and O–H groups in total. The van der Waals surface area contributed by atoms with Gasteiger partial charge in [-0.25, -0.2) is 0 Å². The lowest BCUT2D eigenvalue weighted by atomic mass is 10.0. The lowest BCUT2D eigenvalue weighted by molar-refractivity contribution is 0.227. The highest BCUT2D eigenvalue weighted by Crippen LogP contribution is 2.48. The largest absolute Gasteiger partial charge is 0.493 e. The van der Waals surface area contributed by atoms with Gasteiger partial charge in [-0.3, -0.25) is 0 Å². The van der Waals surface area contributed by atoms with Gasteiger partial charge in [0.1, 0.15) is 5.75 Å². The summed E-state index contributed by atoms with van der Waals surface area (Å²) >= 11 is 6.13. The normalized spacial score (nSPS) is 16.9. The zero-order valence-electron chi connectivity index (χ0n) is 10.6. The first kappa shape index (κ1) is 12.7. The second-order valence-corrected chi connectivity index (χ2v) is 5.58. The van der Waals surface area contributed by atoms with Crippen molar-refractivity contribution < 1.29 is 4.74 Å². The van der Waals surface area contributed by atoms with Crippen molar-refractivity contribution in [3.63, 3.8) is 0 Å². The lowest BCUT2D eigenvalue weighted by Crippen LogP contribution is -2.17. The lowest BCUT2D eigenvalue weighted by Gasteiger charge is -2.16. The van der Waals surface area contributed by atoms with E-state index >= 15 is 0 Å². The number of rotatable bonds is 5.